The zero-order chi connectivity index (χ0) is 14.8. The Bertz CT molecular complexity index is 512. The Labute approximate surface area is 120 Å². The fraction of sp³-hybridized carbons (Fsp3) is 0.769. The lowest BCUT2D eigenvalue weighted by Crippen LogP contribution is -2.38. The van der Waals surface area contributed by atoms with Crippen LogP contribution in [0.4, 0.5) is 0 Å². The molecule has 7 heteroatoms. The van der Waals surface area contributed by atoms with E-state index in [1.807, 2.05) is 6.92 Å². The van der Waals surface area contributed by atoms with Gasteiger partial charge in [-0.25, -0.2) is 12.7 Å². The van der Waals surface area contributed by atoms with E-state index in [1.165, 1.54) is 10.6 Å². The molecule has 0 aromatic carbocycles. The van der Waals surface area contributed by atoms with Crippen molar-refractivity contribution in [3.05, 3.63) is 11.3 Å². The average molecular weight is 302 g/mol. The van der Waals surface area contributed by atoms with Gasteiger partial charge in [0.2, 0.25) is 10.0 Å². The molecule has 20 heavy (non-hydrogen) atoms. The third-order valence-electron chi connectivity index (χ3n) is 3.78. The fourth-order valence-electron chi connectivity index (χ4n) is 2.61. The molecular weight excluding hydrogens is 280 g/mol. The lowest BCUT2D eigenvalue weighted by Gasteiger charge is -2.25. The largest absolute Gasteiger partial charge is 0.498 e. The van der Waals surface area contributed by atoms with E-state index >= 15 is 0 Å². The zero-order valence-electron chi connectivity index (χ0n) is 12.1. The zero-order valence-corrected chi connectivity index (χ0v) is 12.9. The van der Waals surface area contributed by atoms with Crippen LogP contribution in [0, 0.1) is 0 Å². The third kappa shape index (κ3) is 3.52. The minimum atomic E-state index is -3.18. The number of hydrogen-bond donors (Lipinski definition) is 0. The van der Waals surface area contributed by atoms with Gasteiger partial charge in [0, 0.05) is 26.2 Å². The Hall–Kier alpha value is -1.08. The van der Waals surface area contributed by atoms with Crippen molar-refractivity contribution >= 4 is 15.9 Å². The number of rotatable bonds is 2. The van der Waals surface area contributed by atoms with Crippen molar-refractivity contribution < 1.29 is 17.9 Å². The van der Waals surface area contributed by atoms with Gasteiger partial charge in [0.1, 0.15) is 5.76 Å². The number of hydrogen-bond acceptors (Lipinski definition) is 4. The number of ether oxygens (including phenoxy) is 1. The van der Waals surface area contributed by atoms with E-state index in [2.05, 4.69) is 0 Å². The monoisotopic (exact) mass is 302 g/mol. The first-order valence-corrected chi connectivity index (χ1v) is 8.81. The molecule has 1 amide bonds. The molecule has 2 aliphatic rings. The fourth-order valence-corrected chi connectivity index (χ4v) is 3.49. The van der Waals surface area contributed by atoms with Gasteiger partial charge in [-0.15, -0.1) is 0 Å². The van der Waals surface area contributed by atoms with Crippen LogP contribution in [-0.4, -0.2) is 62.6 Å². The summed E-state index contributed by atoms with van der Waals surface area (Å²) in [5, 5.41) is 0. The second-order valence-electron chi connectivity index (χ2n) is 5.29. The van der Waals surface area contributed by atoms with Crippen molar-refractivity contribution in [2.24, 2.45) is 0 Å². The van der Waals surface area contributed by atoms with Crippen molar-refractivity contribution in [1.82, 2.24) is 9.21 Å². The molecule has 0 atom stereocenters. The molecule has 114 valence electrons. The number of carbonyl (C=O) groups is 1. The van der Waals surface area contributed by atoms with Crippen LogP contribution in [0.25, 0.3) is 0 Å². The quantitative estimate of drug-likeness (QED) is 0.748. The second-order valence-corrected chi connectivity index (χ2v) is 7.28. The van der Waals surface area contributed by atoms with Crippen molar-refractivity contribution in [3.8, 4) is 0 Å². The lowest BCUT2D eigenvalue weighted by atomic mass is 10.1. The number of carbonyl (C=O) groups excluding carboxylic acids is 1. The van der Waals surface area contributed by atoms with Gasteiger partial charge in [0.15, 0.2) is 0 Å². The normalized spacial score (nSPS) is 22.4. The molecule has 0 aromatic heterocycles. The summed E-state index contributed by atoms with van der Waals surface area (Å²) in [6.07, 6.45) is 3.50. The second kappa shape index (κ2) is 6.13. The summed E-state index contributed by atoms with van der Waals surface area (Å²) in [5.74, 6) is 0.711. The molecule has 0 bridgehead atoms. The van der Waals surface area contributed by atoms with Gasteiger partial charge < -0.3 is 9.64 Å². The predicted molar refractivity (Wildman–Crippen MR) is 75.5 cm³/mol. The van der Waals surface area contributed by atoms with Crippen molar-refractivity contribution in [2.75, 3.05) is 39.0 Å². The van der Waals surface area contributed by atoms with Crippen molar-refractivity contribution in [3.63, 3.8) is 0 Å². The van der Waals surface area contributed by atoms with Crippen molar-refractivity contribution in [1.29, 1.82) is 0 Å². The number of amides is 1. The number of sulfonamides is 1. The number of allylic oxidation sites excluding steroid dienone is 1. The molecule has 1 saturated heterocycles. The van der Waals surface area contributed by atoms with Crippen LogP contribution >= 0.6 is 0 Å². The minimum Gasteiger partial charge on any atom is -0.498 e. The van der Waals surface area contributed by atoms with Gasteiger partial charge in [-0.2, -0.15) is 0 Å². The van der Waals surface area contributed by atoms with Crippen LogP contribution < -0.4 is 0 Å². The van der Waals surface area contributed by atoms with Crippen LogP contribution in [0.2, 0.25) is 0 Å². The van der Waals surface area contributed by atoms with E-state index in [4.69, 9.17) is 4.74 Å². The van der Waals surface area contributed by atoms with Crippen LogP contribution in [-0.2, 0) is 19.6 Å². The Morgan fingerprint density at radius 3 is 2.55 bits per heavy atom. The first-order chi connectivity index (χ1) is 9.39. The first-order valence-electron chi connectivity index (χ1n) is 6.96. The molecule has 0 N–H and O–H groups in total. The molecule has 0 aliphatic carbocycles. The van der Waals surface area contributed by atoms with Crippen LogP contribution in [0.3, 0.4) is 0 Å². The molecule has 6 nitrogen and oxygen atoms in total. The standard InChI is InChI=1S/C13H22N2O4S/c1-11-12(5-3-10-19-11)13(16)14-6-4-7-15(9-8-14)20(2,17)18/h3-10H2,1-2H3. The van der Waals surface area contributed by atoms with Crippen LogP contribution in [0.15, 0.2) is 11.3 Å². The Morgan fingerprint density at radius 1 is 1.15 bits per heavy atom. The highest BCUT2D eigenvalue weighted by Gasteiger charge is 2.27. The maximum atomic E-state index is 12.5. The van der Waals surface area contributed by atoms with E-state index in [1.54, 1.807) is 4.90 Å². The van der Waals surface area contributed by atoms with E-state index in [-0.39, 0.29) is 5.91 Å². The molecule has 2 aliphatic heterocycles. The van der Waals surface area contributed by atoms with Gasteiger partial charge in [-0.05, 0) is 26.2 Å². The van der Waals surface area contributed by atoms with Crippen LogP contribution in [0.1, 0.15) is 26.2 Å². The molecule has 0 radical (unpaired) electrons. The van der Waals surface area contributed by atoms with Crippen LogP contribution in [0.5, 0.6) is 0 Å². The Balaban J connectivity index is 2.05. The highest BCUT2D eigenvalue weighted by atomic mass is 32.2. The molecule has 2 heterocycles. The summed E-state index contributed by atoms with van der Waals surface area (Å²) in [6.45, 7) is 4.40. The first kappa shape index (κ1) is 15.3. The topological polar surface area (TPSA) is 66.9 Å². The maximum Gasteiger partial charge on any atom is 0.253 e. The SMILES string of the molecule is CC1=C(C(=O)N2CCCN(S(C)(=O)=O)CC2)CCCO1. The third-order valence-corrected chi connectivity index (χ3v) is 5.09. The summed E-state index contributed by atoms with van der Waals surface area (Å²) in [7, 11) is -3.18. The maximum absolute atomic E-state index is 12.5. The Morgan fingerprint density at radius 2 is 1.90 bits per heavy atom. The predicted octanol–water partition coefficient (Wildman–Crippen LogP) is 0.565. The summed E-state index contributed by atoms with van der Waals surface area (Å²) in [6, 6.07) is 0. The van der Waals surface area contributed by atoms with Gasteiger partial charge in [-0.3, -0.25) is 4.79 Å². The Kier molecular flexibility index (Phi) is 4.70. The molecular formula is C13H22N2O4S. The van der Waals surface area contributed by atoms with Crippen molar-refractivity contribution in [2.45, 2.75) is 26.2 Å². The van der Waals surface area contributed by atoms with Gasteiger partial charge in [0.25, 0.3) is 5.91 Å². The molecule has 0 unspecified atom stereocenters. The molecule has 0 aromatic rings. The number of nitrogens with zero attached hydrogens (tertiary/aromatic N) is 2. The molecule has 2 rings (SSSR count). The van der Waals surface area contributed by atoms with Gasteiger partial charge >= 0.3 is 0 Å². The van der Waals surface area contributed by atoms with E-state index in [9.17, 15) is 13.2 Å². The molecule has 0 spiro atoms. The minimum absolute atomic E-state index is 0.00227. The molecule has 1 fully saturated rings. The van der Waals surface area contributed by atoms with Gasteiger partial charge in [-0.1, -0.05) is 0 Å². The molecule has 0 saturated carbocycles. The van der Waals surface area contributed by atoms with Gasteiger partial charge in [0.05, 0.1) is 18.4 Å². The van der Waals surface area contributed by atoms with E-state index in [0.29, 0.717) is 45.0 Å². The average Bonchev–Trinajstić information content (AvgIpc) is 2.63. The smallest absolute Gasteiger partial charge is 0.253 e. The summed E-state index contributed by atoms with van der Waals surface area (Å²) in [4.78, 5) is 14.2. The highest BCUT2D eigenvalue weighted by Crippen LogP contribution is 2.21. The van der Waals surface area contributed by atoms with E-state index in [0.717, 1.165) is 18.4 Å². The lowest BCUT2D eigenvalue weighted by molar-refractivity contribution is -0.127. The van der Waals surface area contributed by atoms with E-state index < -0.39 is 10.0 Å². The summed E-state index contributed by atoms with van der Waals surface area (Å²) >= 11 is 0. The summed E-state index contributed by atoms with van der Waals surface area (Å²) < 4.78 is 30.0. The summed E-state index contributed by atoms with van der Waals surface area (Å²) in [5.41, 5.74) is 0.740. The highest BCUT2D eigenvalue weighted by molar-refractivity contribution is 7.88.